The fourth-order valence-corrected chi connectivity index (χ4v) is 3.66. The first-order valence-corrected chi connectivity index (χ1v) is 11.5. The van der Waals surface area contributed by atoms with Gasteiger partial charge in [-0.1, -0.05) is 17.7 Å². The number of ether oxygens (including phenoxy) is 2. The summed E-state index contributed by atoms with van der Waals surface area (Å²) in [6, 6.07) is 12.8. The number of fused-ring (bicyclic) bond motifs is 5. The van der Waals surface area contributed by atoms with Crippen molar-refractivity contribution >= 4 is 34.9 Å². The Labute approximate surface area is 212 Å². The molecule has 0 fully saturated rings. The second-order valence-corrected chi connectivity index (χ2v) is 8.55. The highest BCUT2D eigenvalue weighted by atomic mass is 35.5. The number of amidine groups is 1. The molecule has 10 nitrogen and oxygen atoms in total. The molecule has 2 aromatic carbocycles. The highest BCUT2D eigenvalue weighted by molar-refractivity contribution is 6.33. The lowest BCUT2D eigenvalue weighted by atomic mass is 10.0. The lowest BCUT2D eigenvalue weighted by Crippen LogP contribution is -2.45. The molecular formula is C25H25ClN6O4. The molecule has 0 saturated carbocycles. The first-order chi connectivity index (χ1) is 17.3. The first-order valence-electron chi connectivity index (χ1n) is 11.1. The Morgan fingerprint density at radius 2 is 1.94 bits per heavy atom. The smallest absolute Gasteiger partial charge is 0.271 e. The Balaban J connectivity index is 1.65. The molecule has 36 heavy (non-hydrogen) atoms. The van der Waals surface area contributed by atoms with E-state index in [4.69, 9.17) is 26.8 Å². The van der Waals surface area contributed by atoms with E-state index in [9.17, 15) is 9.59 Å². The second-order valence-electron chi connectivity index (χ2n) is 8.14. The number of rotatable bonds is 4. The van der Waals surface area contributed by atoms with Gasteiger partial charge in [0.05, 0.1) is 16.7 Å². The van der Waals surface area contributed by atoms with Crippen LogP contribution in [0.4, 0.5) is 5.69 Å². The summed E-state index contributed by atoms with van der Waals surface area (Å²) < 4.78 is 11.7. The van der Waals surface area contributed by atoms with Crippen molar-refractivity contribution in [2.24, 2.45) is 10.7 Å². The number of aromatic nitrogens is 1. The Kier molecular flexibility index (Phi) is 7.55. The van der Waals surface area contributed by atoms with Crippen molar-refractivity contribution in [2.75, 3.05) is 12.0 Å². The van der Waals surface area contributed by atoms with E-state index in [1.54, 1.807) is 42.5 Å². The molecular weight excluding hydrogens is 484 g/mol. The van der Waals surface area contributed by atoms with Gasteiger partial charge in [-0.25, -0.2) is 4.99 Å². The number of carbonyl (C=O) groups is 2. The van der Waals surface area contributed by atoms with Gasteiger partial charge in [0.2, 0.25) is 0 Å². The van der Waals surface area contributed by atoms with Crippen LogP contribution in [0.5, 0.6) is 11.5 Å². The number of nitrogens with zero attached hydrogens (tertiary/aromatic N) is 2. The number of anilines is 1. The van der Waals surface area contributed by atoms with E-state index < -0.39 is 17.9 Å². The van der Waals surface area contributed by atoms with E-state index in [-0.39, 0.29) is 23.4 Å². The standard InChI is InChI=1S/C25H25ClN6O4/c1-14(2)36-20-8-5-16-11-21(20)35-13-29-23(27)15-3-6-17(7-4-15)30-22(16)25(34)32-31-24(33)18-9-10-28-12-19(18)26/h3-12,14,22,30H,13H2,1-2H3,(H2,27,29)(H,31,33)(H,32,34). The Hall–Kier alpha value is -4.31. The van der Waals surface area contributed by atoms with Gasteiger partial charge in [-0.15, -0.1) is 0 Å². The van der Waals surface area contributed by atoms with Crippen LogP contribution in [0.3, 0.4) is 0 Å². The van der Waals surface area contributed by atoms with Crippen LogP contribution in [0.2, 0.25) is 5.02 Å². The third-order valence-corrected chi connectivity index (χ3v) is 5.49. The molecule has 5 rings (SSSR count). The van der Waals surface area contributed by atoms with Gasteiger partial charge in [-0.3, -0.25) is 25.4 Å². The number of pyridine rings is 1. The van der Waals surface area contributed by atoms with Gasteiger partial charge >= 0.3 is 0 Å². The second kappa shape index (κ2) is 11.0. The minimum atomic E-state index is -0.904. The molecule has 1 unspecified atom stereocenters. The average molecular weight is 509 g/mol. The fraction of sp³-hybridized carbons (Fsp3) is 0.200. The molecule has 11 heteroatoms. The largest absolute Gasteiger partial charge is 0.487 e. The van der Waals surface area contributed by atoms with Gasteiger partial charge in [-0.2, -0.15) is 0 Å². The molecule has 2 amide bonds. The number of benzene rings is 2. The van der Waals surface area contributed by atoms with Crippen LogP contribution >= 0.6 is 11.6 Å². The van der Waals surface area contributed by atoms with Crippen molar-refractivity contribution in [3.8, 4) is 11.5 Å². The molecule has 3 heterocycles. The van der Waals surface area contributed by atoms with Crippen molar-refractivity contribution in [1.82, 2.24) is 15.8 Å². The van der Waals surface area contributed by atoms with Crippen LogP contribution in [-0.2, 0) is 4.79 Å². The topological polar surface area (TPSA) is 140 Å². The maximum absolute atomic E-state index is 13.3. The predicted octanol–water partition coefficient (Wildman–Crippen LogP) is 3.19. The van der Waals surface area contributed by atoms with Crippen molar-refractivity contribution in [3.05, 3.63) is 82.6 Å². The van der Waals surface area contributed by atoms with Crippen molar-refractivity contribution in [3.63, 3.8) is 0 Å². The normalized spacial score (nSPS) is 16.2. The zero-order valence-corrected chi connectivity index (χ0v) is 20.4. The molecule has 5 N–H and O–H groups in total. The maximum Gasteiger partial charge on any atom is 0.271 e. The number of hydrazine groups is 1. The number of nitrogens with one attached hydrogen (secondary N) is 3. The molecule has 0 saturated heterocycles. The average Bonchev–Trinajstić information content (AvgIpc) is 2.87. The van der Waals surface area contributed by atoms with Crippen LogP contribution in [0.15, 0.2) is 65.9 Å². The van der Waals surface area contributed by atoms with Crippen molar-refractivity contribution in [1.29, 1.82) is 0 Å². The SMILES string of the molecule is CC(C)Oc1ccc2cc1OC/N=C(/N)c1ccc(cc1)NC2C(=O)NNC(=O)c1ccncc1Cl. The van der Waals surface area contributed by atoms with Gasteiger partial charge in [0.15, 0.2) is 18.2 Å². The minimum Gasteiger partial charge on any atom is -0.487 e. The molecule has 2 aliphatic heterocycles. The predicted molar refractivity (Wildman–Crippen MR) is 136 cm³/mol. The molecule has 0 radical (unpaired) electrons. The summed E-state index contributed by atoms with van der Waals surface area (Å²) in [6.07, 6.45) is 2.68. The zero-order chi connectivity index (χ0) is 25.7. The number of hydrogen-bond donors (Lipinski definition) is 4. The van der Waals surface area contributed by atoms with E-state index in [1.807, 2.05) is 13.8 Å². The third-order valence-electron chi connectivity index (χ3n) is 5.19. The molecule has 4 bridgehead atoms. The molecule has 0 spiro atoms. The van der Waals surface area contributed by atoms with E-state index in [2.05, 4.69) is 26.1 Å². The fourth-order valence-electron chi connectivity index (χ4n) is 3.45. The van der Waals surface area contributed by atoms with E-state index in [0.29, 0.717) is 34.1 Å². The summed E-state index contributed by atoms with van der Waals surface area (Å²) in [5.41, 5.74) is 13.0. The van der Waals surface area contributed by atoms with Crippen LogP contribution in [-0.4, -0.2) is 35.5 Å². The molecule has 186 valence electrons. The number of halogens is 1. The van der Waals surface area contributed by atoms with Gasteiger partial charge in [0.25, 0.3) is 11.8 Å². The molecule has 2 aliphatic rings. The number of nitrogens with two attached hydrogens (primary N) is 1. The summed E-state index contributed by atoms with van der Waals surface area (Å²) in [5, 5.41) is 3.35. The number of carbonyl (C=O) groups excluding carboxylic acids is 2. The summed E-state index contributed by atoms with van der Waals surface area (Å²) in [7, 11) is 0. The zero-order valence-electron chi connectivity index (χ0n) is 19.6. The summed E-state index contributed by atoms with van der Waals surface area (Å²) in [4.78, 5) is 33.9. The van der Waals surface area contributed by atoms with Gasteiger partial charge in [0.1, 0.15) is 11.9 Å². The molecule has 1 aromatic heterocycles. The van der Waals surface area contributed by atoms with Crippen LogP contribution < -0.4 is 31.4 Å². The Bertz CT molecular complexity index is 1300. The summed E-state index contributed by atoms with van der Waals surface area (Å²) >= 11 is 6.03. The van der Waals surface area contributed by atoms with E-state index >= 15 is 0 Å². The monoisotopic (exact) mass is 508 g/mol. The van der Waals surface area contributed by atoms with Crippen LogP contribution in [0.1, 0.15) is 41.4 Å². The van der Waals surface area contributed by atoms with E-state index in [1.165, 1.54) is 18.5 Å². The van der Waals surface area contributed by atoms with Gasteiger partial charge in [-0.05, 0) is 61.9 Å². The molecule has 1 atom stereocenters. The number of aliphatic imine (C=N–C) groups is 1. The molecule has 3 aromatic rings. The number of hydrogen-bond acceptors (Lipinski definition) is 8. The maximum atomic E-state index is 13.3. The quantitative estimate of drug-likeness (QED) is 0.397. The van der Waals surface area contributed by atoms with Crippen molar-refractivity contribution in [2.45, 2.75) is 26.0 Å². The Morgan fingerprint density at radius 1 is 1.17 bits per heavy atom. The first kappa shape index (κ1) is 24.8. The Morgan fingerprint density at radius 3 is 2.67 bits per heavy atom. The lowest BCUT2D eigenvalue weighted by molar-refractivity contribution is -0.122. The summed E-state index contributed by atoms with van der Waals surface area (Å²) in [5.74, 6) is 0.105. The van der Waals surface area contributed by atoms with Gasteiger partial charge in [0, 0.05) is 23.6 Å². The number of amides is 2. The molecule has 0 aliphatic carbocycles. The minimum absolute atomic E-state index is 0.0431. The third kappa shape index (κ3) is 5.84. The summed E-state index contributed by atoms with van der Waals surface area (Å²) in [6.45, 7) is 3.75. The van der Waals surface area contributed by atoms with Gasteiger partial charge < -0.3 is 20.5 Å². The van der Waals surface area contributed by atoms with Crippen LogP contribution in [0.25, 0.3) is 0 Å². The highest BCUT2D eigenvalue weighted by Crippen LogP contribution is 2.33. The van der Waals surface area contributed by atoms with Crippen molar-refractivity contribution < 1.29 is 19.1 Å². The highest BCUT2D eigenvalue weighted by Gasteiger charge is 2.24. The lowest BCUT2D eigenvalue weighted by Gasteiger charge is -2.22. The van der Waals surface area contributed by atoms with E-state index in [0.717, 1.165) is 0 Å². The van der Waals surface area contributed by atoms with Crippen LogP contribution in [0, 0.1) is 0 Å².